The van der Waals surface area contributed by atoms with Crippen LogP contribution in [0.5, 0.6) is 28.7 Å². The summed E-state index contributed by atoms with van der Waals surface area (Å²) < 4.78 is 23.1. The van der Waals surface area contributed by atoms with Gasteiger partial charge in [0, 0.05) is 35.9 Å². The first-order valence-electron chi connectivity index (χ1n) is 13.7. The number of anilines is 2. The molecule has 0 unspecified atom stereocenters. The minimum absolute atomic E-state index is 0.201. The lowest BCUT2D eigenvalue weighted by Crippen LogP contribution is -2.33. The van der Waals surface area contributed by atoms with E-state index < -0.39 is 0 Å². The number of ether oxygens (including phenoxy) is 4. The quantitative estimate of drug-likeness (QED) is 0.207. The average Bonchev–Trinajstić information content (AvgIpc) is 3.48. The van der Waals surface area contributed by atoms with Crippen LogP contribution in [0.15, 0.2) is 66.9 Å². The number of nitrogens with zero attached hydrogens (tertiary/aromatic N) is 3. The van der Waals surface area contributed by atoms with Gasteiger partial charge in [-0.05, 0) is 68.3 Å². The molecule has 0 saturated carbocycles. The Morgan fingerprint density at radius 1 is 1.02 bits per heavy atom. The summed E-state index contributed by atoms with van der Waals surface area (Å²) in [5.74, 6) is 3.09. The van der Waals surface area contributed by atoms with E-state index in [1.807, 2.05) is 60.7 Å². The Bertz CT molecular complexity index is 1520. The van der Waals surface area contributed by atoms with Crippen LogP contribution in [0.1, 0.15) is 24.8 Å². The predicted molar refractivity (Wildman–Crippen MR) is 158 cm³/mol. The largest absolute Gasteiger partial charge is 0.493 e. The first kappa shape index (κ1) is 28.0. The number of para-hydroxylation sites is 2. The van der Waals surface area contributed by atoms with Crippen molar-refractivity contribution in [1.82, 2.24) is 9.88 Å². The standard InChI is InChI=1S/C32H34N4O5/c1-38-28-8-3-4-9-29(28)41-25-12-10-23(11-13-25)35-32-22(19-33)20-34-27-18-31(30(39-2)17-26(27)32)40-16-6-15-36-14-5-7-24(36)21-37/h3-4,8-13,17-18,20,24,37H,5-7,14-16,21H2,1-2H3,(H,34,35)/t24-/m1/s1. The van der Waals surface area contributed by atoms with E-state index >= 15 is 0 Å². The van der Waals surface area contributed by atoms with Crippen LogP contribution in [0.25, 0.3) is 10.9 Å². The molecular formula is C32H34N4O5. The number of pyridine rings is 1. The summed E-state index contributed by atoms with van der Waals surface area (Å²) in [4.78, 5) is 6.83. The van der Waals surface area contributed by atoms with Crippen LogP contribution in [0.4, 0.5) is 11.4 Å². The second-order valence-corrected chi connectivity index (χ2v) is 9.80. The molecule has 0 aliphatic carbocycles. The summed E-state index contributed by atoms with van der Waals surface area (Å²) in [5.41, 5.74) is 2.50. The van der Waals surface area contributed by atoms with Crippen molar-refractivity contribution in [2.45, 2.75) is 25.3 Å². The summed E-state index contributed by atoms with van der Waals surface area (Å²) in [6.07, 6.45) is 4.56. The summed E-state index contributed by atoms with van der Waals surface area (Å²) in [5, 5.41) is 23.5. The number of hydrogen-bond acceptors (Lipinski definition) is 9. The molecule has 1 aliphatic heterocycles. The molecule has 2 N–H and O–H groups in total. The zero-order chi connectivity index (χ0) is 28.6. The lowest BCUT2D eigenvalue weighted by atomic mass is 10.1. The summed E-state index contributed by atoms with van der Waals surface area (Å²) >= 11 is 0. The number of fused-ring (bicyclic) bond motifs is 1. The average molecular weight is 555 g/mol. The number of nitrogens with one attached hydrogen (secondary N) is 1. The van der Waals surface area contributed by atoms with Crippen LogP contribution < -0.4 is 24.3 Å². The molecule has 0 radical (unpaired) electrons. The maximum Gasteiger partial charge on any atom is 0.169 e. The third kappa shape index (κ3) is 6.46. The number of aliphatic hydroxyl groups is 1. The molecule has 9 heteroatoms. The highest BCUT2D eigenvalue weighted by molar-refractivity contribution is 5.97. The van der Waals surface area contributed by atoms with E-state index in [0.717, 1.165) is 43.4 Å². The van der Waals surface area contributed by atoms with Gasteiger partial charge in [0.05, 0.1) is 44.2 Å². The van der Waals surface area contributed by atoms with Crippen molar-refractivity contribution >= 4 is 22.3 Å². The Balaban J connectivity index is 1.32. The molecule has 4 aromatic rings. The Morgan fingerprint density at radius 2 is 1.80 bits per heavy atom. The van der Waals surface area contributed by atoms with Gasteiger partial charge >= 0.3 is 0 Å². The Labute approximate surface area is 239 Å². The monoisotopic (exact) mass is 554 g/mol. The second-order valence-electron chi connectivity index (χ2n) is 9.80. The zero-order valence-corrected chi connectivity index (χ0v) is 23.3. The van der Waals surface area contributed by atoms with Gasteiger partial charge in [0.1, 0.15) is 11.8 Å². The molecule has 2 heterocycles. The molecule has 41 heavy (non-hydrogen) atoms. The highest BCUT2D eigenvalue weighted by Gasteiger charge is 2.23. The van der Waals surface area contributed by atoms with Gasteiger partial charge in [-0.15, -0.1) is 0 Å². The first-order chi connectivity index (χ1) is 20.1. The summed E-state index contributed by atoms with van der Waals surface area (Å²) in [6.45, 7) is 2.61. The van der Waals surface area contributed by atoms with Gasteiger partial charge in [-0.3, -0.25) is 9.88 Å². The van der Waals surface area contributed by atoms with E-state index in [4.69, 9.17) is 18.9 Å². The van der Waals surface area contributed by atoms with Crippen molar-refractivity contribution in [3.63, 3.8) is 0 Å². The van der Waals surface area contributed by atoms with Crippen molar-refractivity contribution < 1.29 is 24.1 Å². The minimum Gasteiger partial charge on any atom is -0.493 e. The zero-order valence-electron chi connectivity index (χ0n) is 23.3. The number of rotatable bonds is 12. The highest BCUT2D eigenvalue weighted by atomic mass is 16.5. The minimum atomic E-state index is 0.201. The first-order valence-corrected chi connectivity index (χ1v) is 13.7. The normalized spacial score (nSPS) is 14.9. The lowest BCUT2D eigenvalue weighted by molar-refractivity contribution is 0.150. The molecule has 0 spiro atoms. The van der Waals surface area contributed by atoms with Crippen LogP contribution in [-0.4, -0.2) is 61.6 Å². The Hall–Kier alpha value is -4.52. The molecule has 0 amide bonds. The van der Waals surface area contributed by atoms with Gasteiger partial charge < -0.3 is 29.4 Å². The van der Waals surface area contributed by atoms with Gasteiger partial charge in [0.2, 0.25) is 0 Å². The van der Waals surface area contributed by atoms with Crippen LogP contribution in [0, 0.1) is 11.3 Å². The molecular weight excluding hydrogens is 520 g/mol. The third-order valence-electron chi connectivity index (χ3n) is 7.25. The smallest absolute Gasteiger partial charge is 0.169 e. The number of nitriles is 1. The lowest BCUT2D eigenvalue weighted by Gasteiger charge is -2.22. The van der Waals surface area contributed by atoms with E-state index in [2.05, 4.69) is 21.3 Å². The number of aliphatic hydroxyl groups excluding tert-OH is 1. The molecule has 5 rings (SSSR count). The molecule has 0 bridgehead atoms. The van der Waals surface area contributed by atoms with Crippen LogP contribution in [0.2, 0.25) is 0 Å². The van der Waals surface area contributed by atoms with E-state index in [-0.39, 0.29) is 12.6 Å². The van der Waals surface area contributed by atoms with E-state index in [9.17, 15) is 10.4 Å². The highest BCUT2D eigenvalue weighted by Crippen LogP contribution is 2.38. The van der Waals surface area contributed by atoms with Crippen molar-refractivity contribution in [2.75, 3.05) is 45.8 Å². The van der Waals surface area contributed by atoms with Crippen molar-refractivity contribution in [3.8, 4) is 34.8 Å². The summed E-state index contributed by atoms with van der Waals surface area (Å²) in [7, 11) is 3.20. The predicted octanol–water partition coefficient (Wildman–Crippen LogP) is 5.89. The maximum atomic E-state index is 9.83. The van der Waals surface area contributed by atoms with Gasteiger partial charge in [-0.2, -0.15) is 5.26 Å². The second kappa shape index (κ2) is 13.2. The number of methoxy groups -OCH3 is 2. The van der Waals surface area contributed by atoms with E-state index in [1.54, 1.807) is 20.4 Å². The fourth-order valence-electron chi connectivity index (χ4n) is 5.12. The molecule has 1 fully saturated rings. The van der Waals surface area contributed by atoms with Gasteiger partial charge in [-0.25, -0.2) is 0 Å². The molecule has 212 valence electrons. The molecule has 1 saturated heterocycles. The third-order valence-corrected chi connectivity index (χ3v) is 7.25. The topological polar surface area (TPSA) is 109 Å². The van der Waals surface area contributed by atoms with Crippen LogP contribution in [0.3, 0.4) is 0 Å². The SMILES string of the molecule is COc1cc2c(Nc3ccc(Oc4ccccc4OC)cc3)c(C#N)cnc2cc1OCCCN1CCC[C@@H]1CO. The maximum absolute atomic E-state index is 9.83. The molecule has 1 aromatic heterocycles. The van der Waals surface area contributed by atoms with E-state index in [1.165, 1.54) is 0 Å². The fourth-order valence-corrected chi connectivity index (χ4v) is 5.12. The molecule has 1 atom stereocenters. The molecule has 1 aliphatic rings. The number of aromatic nitrogens is 1. The number of likely N-dealkylation sites (tertiary alicyclic amines) is 1. The van der Waals surface area contributed by atoms with Crippen LogP contribution in [-0.2, 0) is 0 Å². The number of hydrogen-bond donors (Lipinski definition) is 2. The van der Waals surface area contributed by atoms with Crippen molar-refractivity contribution in [2.24, 2.45) is 0 Å². The van der Waals surface area contributed by atoms with Crippen LogP contribution >= 0.6 is 0 Å². The molecule has 9 nitrogen and oxygen atoms in total. The van der Waals surface area contributed by atoms with Crippen molar-refractivity contribution in [1.29, 1.82) is 5.26 Å². The summed E-state index contributed by atoms with van der Waals surface area (Å²) in [6, 6.07) is 21.1. The molecule has 3 aromatic carbocycles. The van der Waals surface area contributed by atoms with Gasteiger partial charge in [0.15, 0.2) is 23.0 Å². The van der Waals surface area contributed by atoms with Crippen molar-refractivity contribution in [3.05, 3.63) is 72.4 Å². The Morgan fingerprint density at radius 3 is 2.54 bits per heavy atom. The number of benzene rings is 3. The van der Waals surface area contributed by atoms with E-state index in [0.29, 0.717) is 52.1 Å². The Kier molecular flexibility index (Phi) is 9.04. The fraction of sp³-hybridized carbons (Fsp3) is 0.312. The van der Waals surface area contributed by atoms with Gasteiger partial charge in [-0.1, -0.05) is 12.1 Å². The van der Waals surface area contributed by atoms with Gasteiger partial charge in [0.25, 0.3) is 0 Å².